The molecule has 0 saturated carbocycles. The molecule has 24 heavy (non-hydrogen) atoms. The van der Waals surface area contributed by atoms with E-state index in [0.29, 0.717) is 23.2 Å². The van der Waals surface area contributed by atoms with Gasteiger partial charge in [0.2, 0.25) is 5.82 Å². The number of hydrogen-bond acceptors (Lipinski definition) is 6. The van der Waals surface area contributed by atoms with E-state index in [-0.39, 0.29) is 0 Å². The van der Waals surface area contributed by atoms with Crippen LogP contribution in [0, 0.1) is 6.92 Å². The first kappa shape index (κ1) is 14.8. The van der Waals surface area contributed by atoms with Gasteiger partial charge in [0.05, 0.1) is 19.1 Å². The Hall–Kier alpha value is -2.80. The predicted molar refractivity (Wildman–Crippen MR) is 92.7 cm³/mol. The molecule has 0 aliphatic heterocycles. The van der Waals surface area contributed by atoms with Crippen LogP contribution in [0.1, 0.15) is 5.56 Å². The number of aromatic nitrogens is 3. The molecule has 0 aliphatic carbocycles. The van der Waals surface area contributed by atoms with Crippen molar-refractivity contribution in [1.82, 2.24) is 15.1 Å². The number of nitrogens with zero attached hydrogens (tertiary/aromatic N) is 2. The van der Waals surface area contributed by atoms with E-state index in [1.54, 1.807) is 25.6 Å². The molecule has 0 fully saturated rings. The Morgan fingerprint density at radius 2 is 1.92 bits per heavy atom. The number of ether oxygens (including phenoxy) is 2. The van der Waals surface area contributed by atoms with Gasteiger partial charge in [-0.25, -0.2) is 0 Å². The Balaban J connectivity index is 1.77. The summed E-state index contributed by atoms with van der Waals surface area (Å²) in [7, 11) is 3.23. The monoisotopic (exact) mass is 341 g/mol. The Morgan fingerprint density at radius 1 is 1.12 bits per heavy atom. The minimum Gasteiger partial charge on any atom is -0.493 e. The first-order chi connectivity index (χ1) is 11.7. The van der Waals surface area contributed by atoms with Gasteiger partial charge in [0, 0.05) is 17.0 Å². The van der Waals surface area contributed by atoms with Crippen molar-refractivity contribution in [1.29, 1.82) is 0 Å². The van der Waals surface area contributed by atoms with E-state index >= 15 is 0 Å². The number of rotatable bonds is 4. The van der Waals surface area contributed by atoms with Crippen LogP contribution in [0.15, 0.2) is 34.2 Å². The largest absolute Gasteiger partial charge is 0.493 e. The summed E-state index contributed by atoms with van der Waals surface area (Å²) in [6.45, 7) is 2.03. The van der Waals surface area contributed by atoms with Crippen LogP contribution < -0.4 is 9.47 Å². The van der Waals surface area contributed by atoms with Gasteiger partial charge in [-0.15, -0.1) is 11.3 Å². The van der Waals surface area contributed by atoms with Crippen molar-refractivity contribution in [3.63, 3.8) is 0 Å². The molecule has 122 valence electrons. The van der Waals surface area contributed by atoms with E-state index < -0.39 is 0 Å². The molecule has 0 unspecified atom stereocenters. The third-order valence-electron chi connectivity index (χ3n) is 3.85. The lowest BCUT2D eigenvalue weighted by atomic mass is 10.2. The van der Waals surface area contributed by atoms with Gasteiger partial charge in [0.15, 0.2) is 11.5 Å². The van der Waals surface area contributed by atoms with Crippen LogP contribution in [0.5, 0.6) is 11.5 Å². The molecular weight excluding hydrogens is 326 g/mol. The van der Waals surface area contributed by atoms with Crippen molar-refractivity contribution < 1.29 is 14.0 Å². The zero-order valence-electron chi connectivity index (χ0n) is 13.4. The van der Waals surface area contributed by atoms with Crippen LogP contribution in [0.4, 0.5) is 0 Å². The third-order valence-corrected chi connectivity index (χ3v) is 4.86. The number of aromatic amines is 1. The number of thiophene rings is 1. The Bertz CT molecular complexity index is 974. The highest BCUT2D eigenvalue weighted by Gasteiger charge is 2.16. The SMILES string of the molecule is COc1cc2cc(-c3nc(-c4sccc4C)no3)[nH]c2cc1OC. The van der Waals surface area contributed by atoms with Crippen molar-refractivity contribution in [2.24, 2.45) is 0 Å². The lowest BCUT2D eigenvalue weighted by Crippen LogP contribution is -1.89. The lowest BCUT2D eigenvalue weighted by molar-refractivity contribution is 0.356. The summed E-state index contributed by atoms with van der Waals surface area (Å²) >= 11 is 1.60. The third kappa shape index (κ3) is 2.33. The van der Waals surface area contributed by atoms with Crippen LogP contribution in [0.25, 0.3) is 33.2 Å². The molecular formula is C17H15N3O3S. The summed E-state index contributed by atoms with van der Waals surface area (Å²) in [6, 6.07) is 7.79. The van der Waals surface area contributed by atoms with Gasteiger partial charge in [-0.2, -0.15) is 4.98 Å². The Morgan fingerprint density at radius 3 is 2.62 bits per heavy atom. The smallest absolute Gasteiger partial charge is 0.274 e. The molecule has 0 saturated heterocycles. The number of benzene rings is 1. The van der Waals surface area contributed by atoms with E-state index in [4.69, 9.17) is 14.0 Å². The van der Waals surface area contributed by atoms with E-state index in [0.717, 1.165) is 27.0 Å². The second kappa shape index (κ2) is 5.68. The molecule has 4 rings (SSSR count). The summed E-state index contributed by atoms with van der Waals surface area (Å²) in [5.41, 5.74) is 2.81. The van der Waals surface area contributed by atoms with Gasteiger partial charge in [0.1, 0.15) is 5.69 Å². The molecule has 3 aromatic heterocycles. The van der Waals surface area contributed by atoms with E-state index in [1.807, 2.05) is 36.6 Å². The van der Waals surface area contributed by atoms with Crippen LogP contribution in [0.2, 0.25) is 0 Å². The quantitative estimate of drug-likeness (QED) is 0.600. The van der Waals surface area contributed by atoms with E-state index in [1.165, 1.54) is 0 Å². The Kier molecular flexibility index (Phi) is 3.50. The molecule has 0 amide bonds. The zero-order valence-corrected chi connectivity index (χ0v) is 14.2. The molecule has 1 aromatic carbocycles. The molecule has 4 aromatic rings. The van der Waals surface area contributed by atoms with Gasteiger partial charge in [0.25, 0.3) is 5.89 Å². The van der Waals surface area contributed by atoms with Crippen LogP contribution >= 0.6 is 11.3 Å². The van der Waals surface area contributed by atoms with Gasteiger partial charge in [-0.05, 0) is 36.1 Å². The van der Waals surface area contributed by atoms with Crippen LogP contribution in [-0.4, -0.2) is 29.3 Å². The maximum absolute atomic E-state index is 5.42. The molecule has 0 bridgehead atoms. The standard InChI is InChI=1S/C17H15N3O3S/c1-9-4-5-24-15(9)16-19-17(23-20-16)12-6-10-7-13(21-2)14(22-3)8-11(10)18-12/h4-8,18H,1-3H3. The van der Waals surface area contributed by atoms with Gasteiger partial charge in [-0.1, -0.05) is 5.16 Å². The zero-order chi connectivity index (χ0) is 16.7. The number of nitrogens with one attached hydrogen (secondary N) is 1. The fourth-order valence-corrected chi connectivity index (χ4v) is 3.45. The minimum atomic E-state index is 0.451. The molecule has 3 heterocycles. The van der Waals surface area contributed by atoms with E-state index in [2.05, 4.69) is 15.1 Å². The van der Waals surface area contributed by atoms with Gasteiger partial charge >= 0.3 is 0 Å². The van der Waals surface area contributed by atoms with Gasteiger partial charge in [-0.3, -0.25) is 0 Å². The molecule has 1 N–H and O–H groups in total. The lowest BCUT2D eigenvalue weighted by Gasteiger charge is -2.06. The summed E-state index contributed by atoms with van der Waals surface area (Å²) in [4.78, 5) is 8.80. The fraction of sp³-hybridized carbons (Fsp3) is 0.176. The predicted octanol–water partition coefficient (Wildman–Crippen LogP) is 4.27. The molecule has 6 nitrogen and oxygen atoms in total. The molecule has 7 heteroatoms. The molecule has 0 radical (unpaired) electrons. The number of aryl methyl sites for hydroxylation is 1. The van der Waals surface area contributed by atoms with Crippen LogP contribution in [0.3, 0.4) is 0 Å². The minimum absolute atomic E-state index is 0.451. The maximum atomic E-state index is 5.42. The Labute approximate surface area is 142 Å². The van der Waals surface area contributed by atoms with Gasteiger partial charge < -0.3 is 19.0 Å². The molecule has 0 spiro atoms. The molecule has 0 atom stereocenters. The highest BCUT2D eigenvalue weighted by atomic mass is 32.1. The van der Waals surface area contributed by atoms with Crippen molar-refractivity contribution in [3.8, 4) is 33.8 Å². The van der Waals surface area contributed by atoms with Crippen molar-refractivity contribution in [2.45, 2.75) is 6.92 Å². The first-order valence-corrected chi connectivity index (χ1v) is 8.21. The fourth-order valence-electron chi connectivity index (χ4n) is 2.60. The summed E-state index contributed by atoms with van der Waals surface area (Å²) in [5, 5.41) is 7.09. The van der Waals surface area contributed by atoms with E-state index in [9.17, 15) is 0 Å². The average Bonchev–Trinajstić information content (AvgIpc) is 3.31. The van der Waals surface area contributed by atoms with Crippen molar-refractivity contribution >= 4 is 22.2 Å². The number of methoxy groups -OCH3 is 2. The summed E-state index contributed by atoms with van der Waals surface area (Å²) < 4.78 is 16.1. The number of fused-ring (bicyclic) bond motifs is 1. The topological polar surface area (TPSA) is 73.2 Å². The highest BCUT2D eigenvalue weighted by molar-refractivity contribution is 7.13. The normalized spacial score (nSPS) is 11.1. The second-order valence-electron chi connectivity index (χ2n) is 5.33. The number of hydrogen-bond donors (Lipinski definition) is 1. The van der Waals surface area contributed by atoms with Crippen molar-refractivity contribution in [3.05, 3.63) is 35.2 Å². The highest BCUT2D eigenvalue weighted by Crippen LogP contribution is 2.34. The number of H-pyrrole nitrogens is 1. The van der Waals surface area contributed by atoms with Crippen molar-refractivity contribution in [2.75, 3.05) is 14.2 Å². The maximum Gasteiger partial charge on any atom is 0.274 e. The summed E-state index contributed by atoms with van der Waals surface area (Å²) in [5.74, 6) is 2.40. The molecule has 0 aliphatic rings. The first-order valence-electron chi connectivity index (χ1n) is 7.33. The summed E-state index contributed by atoms with van der Waals surface area (Å²) in [6.07, 6.45) is 0. The van der Waals surface area contributed by atoms with Crippen LogP contribution in [-0.2, 0) is 0 Å². The second-order valence-corrected chi connectivity index (χ2v) is 6.25. The average molecular weight is 341 g/mol.